The molecule has 1 unspecified atom stereocenters. The Morgan fingerprint density at radius 1 is 1.02 bits per heavy atom. The fourth-order valence-corrected chi connectivity index (χ4v) is 6.09. The van der Waals surface area contributed by atoms with Crippen LogP contribution in [0.15, 0.2) is 90.0 Å². The summed E-state index contributed by atoms with van der Waals surface area (Å²) in [5.74, 6) is 0.0400. The minimum atomic E-state index is -4.50. The smallest absolute Gasteiger partial charge is 0.322 e. The van der Waals surface area contributed by atoms with Crippen LogP contribution in [0.2, 0.25) is 0 Å². The molecule has 6 nitrogen and oxygen atoms in total. The summed E-state index contributed by atoms with van der Waals surface area (Å²) in [6.45, 7) is 3.93. The molecule has 10 heteroatoms. The Bertz CT molecular complexity index is 1600. The number of halogens is 3. The van der Waals surface area contributed by atoms with Gasteiger partial charge in [-0.3, -0.25) is 9.59 Å². The molecular weight excluding hydrogens is 549 g/mol. The number of amides is 2. The second kappa shape index (κ2) is 11.7. The van der Waals surface area contributed by atoms with Gasteiger partial charge in [0.25, 0.3) is 5.91 Å². The number of thioether (sulfide) groups is 1. The van der Waals surface area contributed by atoms with Gasteiger partial charge in [0, 0.05) is 29.1 Å². The molecule has 1 aromatic heterocycles. The largest absolute Gasteiger partial charge is 0.418 e. The van der Waals surface area contributed by atoms with Crippen molar-refractivity contribution in [2.75, 3.05) is 5.75 Å². The lowest BCUT2D eigenvalue weighted by molar-refractivity contribution is -0.137. The Morgan fingerprint density at radius 3 is 2.41 bits per heavy atom. The van der Waals surface area contributed by atoms with E-state index < -0.39 is 17.6 Å². The van der Waals surface area contributed by atoms with Crippen molar-refractivity contribution in [2.24, 2.45) is 5.10 Å². The van der Waals surface area contributed by atoms with Crippen LogP contribution in [0.5, 0.6) is 0 Å². The van der Waals surface area contributed by atoms with Crippen LogP contribution < -0.4 is 5.43 Å². The van der Waals surface area contributed by atoms with Crippen LogP contribution in [0.3, 0.4) is 0 Å². The summed E-state index contributed by atoms with van der Waals surface area (Å²) >= 11 is 1.55. The zero-order valence-corrected chi connectivity index (χ0v) is 23.2. The predicted octanol–water partition coefficient (Wildman–Crippen LogP) is 6.65. The molecule has 0 spiro atoms. The molecule has 2 heterocycles. The summed E-state index contributed by atoms with van der Waals surface area (Å²) in [4.78, 5) is 27.1. The van der Waals surface area contributed by atoms with Crippen molar-refractivity contribution in [3.8, 4) is 5.69 Å². The van der Waals surface area contributed by atoms with Crippen LogP contribution in [0, 0.1) is 13.8 Å². The molecular formula is C31H27F3N4O2S. The third-order valence-electron chi connectivity index (χ3n) is 6.91. The molecule has 0 radical (unpaired) electrons. The molecule has 1 fully saturated rings. The molecule has 1 atom stereocenters. The van der Waals surface area contributed by atoms with Gasteiger partial charge in [-0.15, -0.1) is 11.8 Å². The van der Waals surface area contributed by atoms with E-state index in [-0.39, 0.29) is 17.0 Å². The number of hydrogen-bond donors (Lipinski definition) is 1. The van der Waals surface area contributed by atoms with Crippen LogP contribution in [0.25, 0.3) is 5.69 Å². The standard InChI is InChI=1S/C31H27F3N4O2S/c1-20-16-25(21(2)38(20)27-11-7-6-10-26(27)31(32,33)34)17-35-36-29(40)23-12-14-24(15-13-23)30-37(28(39)19-41-30)18-22-8-4-3-5-9-22/h3-17,30H,18-19H2,1-2H3,(H,36,40)/b35-17+. The van der Waals surface area contributed by atoms with E-state index in [4.69, 9.17) is 0 Å². The van der Waals surface area contributed by atoms with E-state index in [0.717, 1.165) is 17.2 Å². The number of carbonyl (C=O) groups is 2. The van der Waals surface area contributed by atoms with Gasteiger partial charge in [-0.25, -0.2) is 5.43 Å². The highest BCUT2D eigenvalue weighted by Crippen LogP contribution is 2.39. The number of aryl methyl sites for hydroxylation is 1. The molecule has 1 N–H and O–H groups in total. The van der Waals surface area contributed by atoms with Crippen molar-refractivity contribution >= 4 is 29.8 Å². The maximum Gasteiger partial charge on any atom is 0.418 e. The third-order valence-corrected chi connectivity index (χ3v) is 8.17. The fourth-order valence-electron chi connectivity index (χ4n) is 4.90. The van der Waals surface area contributed by atoms with Gasteiger partial charge < -0.3 is 9.47 Å². The van der Waals surface area contributed by atoms with E-state index >= 15 is 0 Å². The van der Waals surface area contributed by atoms with Crippen molar-refractivity contribution < 1.29 is 22.8 Å². The second-order valence-corrected chi connectivity index (χ2v) is 10.7. The molecule has 3 aromatic carbocycles. The highest BCUT2D eigenvalue weighted by atomic mass is 32.2. The zero-order chi connectivity index (χ0) is 29.1. The summed E-state index contributed by atoms with van der Waals surface area (Å²) in [6.07, 6.45) is -3.08. The molecule has 210 valence electrons. The summed E-state index contributed by atoms with van der Waals surface area (Å²) in [6, 6.07) is 23.9. The number of hydrogen-bond acceptors (Lipinski definition) is 4. The number of rotatable bonds is 7. The topological polar surface area (TPSA) is 66.7 Å². The Balaban J connectivity index is 1.27. The van der Waals surface area contributed by atoms with Crippen molar-refractivity contribution in [2.45, 2.75) is 31.9 Å². The van der Waals surface area contributed by atoms with E-state index in [0.29, 0.717) is 34.8 Å². The summed E-state index contributed by atoms with van der Waals surface area (Å²) < 4.78 is 42.3. The number of nitrogens with one attached hydrogen (secondary N) is 1. The van der Waals surface area contributed by atoms with Crippen molar-refractivity contribution in [1.82, 2.24) is 14.9 Å². The lowest BCUT2D eigenvalue weighted by atomic mass is 10.1. The number of nitrogens with zero attached hydrogens (tertiary/aromatic N) is 3. The van der Waals surface area contributed by atoms with Crippen molar-refractivity contribution in [3.63, 3.8) is 0 Å². The van der Waals surface area contributed by atoms with Gasteiger partial charge in [0.1, 0.15) is 5.37 Å². The van der Waals surface area contributed by atoms with Gasteiger partial charge >= 0.3 is 6.18 Å². The lowest BCUT2D eigenvalue weighted by Crippen LogP contribution is -2.27. The minimum absolute atomic E-state index is 0.0308. The monoisotopic (exact) mass is 576 g/mol. The highest BCUT2D eigenvalue weighted by molar-refractivity contribution is 8.00. The van der Waals surface area contributed by atoms with Gasteiger partial charge in [-0.05, 0) is 55.3 Å². The van der Waals surface area contributed by atoms with Crippen LogP contribution in [0.1, 0.15) is 49.4 Å². The Labute approximate surface area is 239 Å². The molecule has 41 heavy (non-hydrogen) atoms. The summed E-state index contributed by atoms with van der Waals surface area (Å²) in [5.41, 5.74) is 5.89. The molecule has 1 saturated heterocycles. The van der Waals surface area contributed by atoms with Crippen LogP contribution in [-0.4, -0.2) is 33.2 Å². The average molecular weight is 577 g/mol. The summed E-state index contributed by atoms with van der Waals surface area (Å²) in [5, 5.41) is 3.91. The first-order chi connectivity index (χ1) is 19.6. The lowest BCUT2D eigenvalue weighted by Gasteiger charge is -2.24. The van der Waals surface area contributed by atoms with Crippen molar-refractivity contribution in [1.29, 1.82) is 0 Å². The Hall–Kier alpha value is -4.31. The number of carbonyl (C=O) groups excluding carboxylic acids is 2. The zero-order valence-electron chi connectivity index (χ0n) is 22.4. The van der Waals surface area contributed by atoms with E-state index in [1.54, 1.807) is 49.9 Å². The first kappa shape index (κ1) is 28.2. The van der Waals surface area contributed by atoms with E-state index in [1.165, 1.54) is 22.9 Å². The van der Waals surface area contributed by atoms with Crippen molar-refractivity contribution in [3.05, 3.63) is 124 Å². The molecule has 0 bridgehead atoms. The van der Waals surface area contributed by atoms with Crippen LogP contribution in [0.4, 0.5) is 13.2 Å². The molecule has 2 amide bonds. The fraction of sp³-hybridized carbons (Fsp3) is 0.194. The number of aromatic nitrogens is 1. The van der Waals surface area contributed by atoms with Crippen LogP contribution >= 0.6 is 11.8 Å². The first-order valence-corrected chi connectivity index (χ1v) is 13.9. The predicted molar refractivity (Wildman–Crippen MR) is 154 cm³/mol. The summed E-state index contributed by atoms with van der Waals surface area (Å²) in [7, 11) is 0. The minimum Gasteiger partial charge on any atom is -0.322 e. The Kier molecular flexibility index (Phi) is 8.03. The van der Waals surface area contributed by atoms with E-state index in [9.17, 15) is 22.8 Å². The van der Waals surface area contributed by atoms with Gasteiger partial charge in [0.2, 0.25) is 5.91 Å². The molecule has 0 saturated carbocycles. The highest BCUT2D eigenvalue weighted by Gasteiger charge is 2.34. The SMILES string of the molecule is Cc1cc(/C=N/NC(=O)c2ccc(C3SCC(=O)N3Cc3ccccc3)cc2)c(C)n1-c1ccccc1C(F)(F)F. The quantitative estimate of drug-likeness (QED) is 0.198. The maximum absolute atomic E-state index is 13.6. The first-order valence-electron chi connectivity index (χ1n) is 12.9. The number of alkyl halides is 3. The average Bonchev–Trinajstić information content (AvgIpc) is 3.46. The van der Waals surface area contributed by atoms with E-state index in [1.807, 2.05) is 47.4 Å². The number of hydrazone groups is 1. The molecule has 5 rings (SSSR count). The van der Waals surface area contributed by atoms with Gasteiger partial charge in [0.05, 0.1) is 23.2 Å². The normalized spacial score (nSPS) is 15.6. The molecule has 1 aliphatic rings. The van der Waals surface area contributed by atoms with Gasteiger partial charge in [-0.1, -0.05) is 54.6 Å². The maximum atomic E-state index is 13.6. The van der Waals surface area contributed by atoms with E-state index in [2.05, 4.69) is 10.5 Å². The number of benzene rings is 3. The molecule has 4 aromatic rings. The third kappa shape index (κ3) is 6.07. The number of para-hydroxylation sites is 1. The van der Waals surface area contributed by atoms with Crippen LogP contribution in [-0.2, 0) is 17.5 Å². The van der Waals surface area contributed by atoms with Gasteiger partial charge in [-0.2, -0.15) is 18.3 Å². The Morgan fingerprint density at radius 2 is 1.71 bits per heavy atom. The second-order valence-electron chi connectivity index (χ2n) is 9.67. The van der Waals surface area contributed by atoms with Gasteiger partial charge in [0.15, 0.2) is 0 Å². The molecule has 1 aliphatic heterocycles. The molecule has 0 aliphatic carbocycles.